The maximum atomic E-state index is 10.6. The van der Waals surface area contributed by atoms with E-state index in [0.29, 0.717) is 17.0 Å². The highest BCUT2D eigenvalue weighted by molar-refractivity contribution is 6.35. The van der Waals surface area contributed by atoms with Crippen LogP contribution < -0.4 is 0 Å². The van der Waals surface area contributed by atoms with Gasteiger partial charge in [-0.3, -0.25) is 14.7 Å². The molecule has 0 bridgehead atoms. The van der Waals surface area contributed by atoms with Crippen LogP contribution in [0.3, 0.4) is 0 Å². The zero-order valence-corrected chi connectivity index (χ0v) is 11.1. The monoisotopic (exact) mass is 310 g/mol. The molecule has 20 heavy (non-hydrogen) atoms. The Kier molecular flexibility index (Phi) is 2.96. The molecule has 10 heteroatoms. The smallest absolute Gasteiger partial charge is 0.267 e. The molecule has 8 nitrogen and oxygen atoms in total. The molecule has 3 heterocycles. The van der Waals surface area contributed by atoms with Crippen molar-refractivity contribution in [2.24, 2.45) is 0 Å². The number of imidazole rings is 1. The Morgan fingerprint density at radius 2 is 2.00 bits per heavy atom. The lowest BCUT2D eigenvalue weighted by molar-refractivity contribution is -0.385. The molecule has 3 aromatic heterocycles. The van der Waals surface area contributed by atoms with Gasteiger partial charge in [0.2, 0.25) is 5.28 Å². The van der Waals surface area contributed by atoms with Crippen molar-refractivity contribution in [2.45, 2.75) is 0 Å². The molecule has 0 radical (unpaired) electrons. The van der Waals surface area contributed by atoms with Gasteiger partial charge in [-0.1, -0.05) is 11.6 Å². The molecule has 0 aliphatic heterocycles. The number of fused-ring (bicyclic) bond motifs is 1. The minimum atomic E-state index is -0.529. The fraction of sp³-hybridized carbons (Fsp3) is 0. The maximum Gasteiger partial charge on any atom is 0.287 e. The van der Waals surface area contributed by atoms with Gasteiger partial charge in [0.15, 0.2) is 10.8 Å². The topological polar surface area (TPSA) is 99.6 Å². The molecule has 3 rings (SSSR count). The van der Waals surface area contributed by atoms with E-state index in [9.17, 15) is 10.1 Å². The number of nitro groups is 1. The third-order valence-electron chi connectivity index (χ3n) is 2.52. The van der Waals surface area contributed by atoms with Crippen LogP contribution in [0.25, 0.3) is 17.0 Å². The van der Waals surface area contributed by atoms with Crippen LogP contribution in [0.5, 0.6) is 0 Å². The number of aromatic nitrogens is 5. The quantitative estimate of drug-likeness (QED) is 0.312. The lowest BCUT2D eigenvalue weighted by Crippen LogP contribution is -1.99. The lowest BCUT2D eigenvalue weighted by Gasteiger charge is -2.02. The van der Waals surface area contributed by atoms with Gasteiger partial charge in [-0.25, -0.2) is 15.0 Å². The van der Waals surface area contributed by atoms with E-state index in [1.165, 1.54) is 23.0 Å². The fourth-order valence-corrected chi connectivity index (χ4v) is 2.06. The van der Waals surface area contributed by atoms with Gasteiger partial charge in [0.25, 0.3) is 5.69 Å². The largest absolute Gasteiger partial charge is 0.287 e. The minimum Gasteiger partial charge on any atom is -0.267 e. The van der Waals surface area contributed by atoms with Crippen molar-refractivity contribution in [2.75, 3.05) is 0 Å². The third-order valence-corrected chi connectivity index (χ3v) is 2.95. The van der Waals surface area contributed by atoms with Gasteiger partial charge in [-0.15, -0.1) is 0 Å². The SMILES string of the molecule is O=[N+]([O-])c1ccc(-n2cnc3c(Cl)nc(Cl)nc32)nc1. The van der Waals surface area contributed by atoms with E-state index < -0.39 is 4.92 Å². The van der Waals surface area contributed by atoms with Crippen molar-refractivity contribution >= 4 is 40.1 Å². The summed E-state index contributed by atoms with van der Waals surface area (Å²) >= 11 is 11.7. The molecule has 0 aliphatic carbocycles. The van der Waals surface area contributed by atoms with E-state index in [1.54, 1.807) is 0 Å². The standard InChI is InChI=1S/C10H4Cl2N6O2/c11-8-7-9(16-10(12)15-8)17(4-14-7)6-2-1-5(3-13-6)18(19)20/h1-4H. The van der Waals surface area contributed by atoms with Crippen molar-refractivity contribution in [3.05, 3.63) is 45.2 Å². The summed E-state index contributed by atoms with van der Waals surface area (Å²) in [5.41, 5.74) is 0.636. The molecule has 0 atom stereocenters. The molecule has 0 N–H and O–H groups in total. The number of rotatable bonds is 2. The summed E-state index contributed by atoms with van der Waals surface area (Å²) in [6.45, 7) is 0. The minimum absolute atomic E-state index is 0.0221. The van der Waals surface area contributed by atoms with Crippen LogP contribution >= 0.6 is 23.2 Å². The van der Waals surface area contributed by atoms with Gasteiger partial charge in [0.1, 0.15) is 23.9 Å². The Hall–Kier alpha value is -2.32. The molecule has 0 amide bonds. The van der Waals surface area contributed by atoms with E-state index in [1.807, 2.05) is 0 Å². The predicted molar refractivity (Wildman–Crippen MR) is 71.1 cm³/mol. The van der Waals surface area contributed by atoms with Crippen LogP contribution in [0.1, 0.15) is 0 Å². The second-order valence-corrected chi connectivity index (χ2v) is 4.40. The third kappa shape index (κ3) is 2.04. The molecule has 3 aromatic rings. The van der Waals surface area contributed by atoms with Gasteiger partial charge in [0, 0.05) is 6.07 Å². The molecule has 0 saturated carbocycles. The van der Waals surface area contributed by atoms with E-state index >= 15 is 0 Å². The molecular formula is C10H4Cl2N6O2. The molecule has 0 spiro atoms. The summed E-state index contributed by atoms with van der Waals surface area (Å²) in [7, 11) is 0. The van der Waals surface area contributed by atoms with Crippen LogP contribution in [-0.4, -0.2) is 29.4 Å². The second-order valence-electron chi connectivity index (χ2n) is 3.70. The predicted octanol–water partition coefficient (Wildman–Crippen LogP) is 2.43. The summed E-state index contributed by atoms with van der Waals surface area (Å²) < 4.78 is 1.51. The van der Waals surface area contributed by atoms with Crippen molar-refractivity contribution < 1.29 is 4.92 Å². The Bertz CT molecular complexity index is 816. The Balaban J connectivity index is 2.17. The Morgan fingerprint density at radius 3 is 2.65 bits per heavy atom. The van der Waals surface area contributed by atoms with Gasteiger partial charge in [-0.05, 0) is 17.7 Å². The normalized spacial score (nSPS) is 10.9. The van der Waals surface area contributed by atoms with Gasteiger partial charge >= 0.3 is 0 Å². The zero-order chi connectivity index (χ0) is 14.3. The summed E-state index contributed by atoms with van der Waals surface area (Å²) in [6, 6.07) is 2.81. The second kappa shape index (κ2) is 4.66. The van der Waals surface area contributed by atoms with Gasteiger partial charge < -0.3 is 0 Å². The number of nitrogens with zero attached hydrogens (tertiary/aromatic N) is 6. The number of pyridine rings is 1. The van der Waals surface area contributed by atoms with E-state index in [2.05, 4.69) is 19.9 Å². The molecule has 0 aliphatic rings. The van der Waals surface area contributed by atoms with Gasteiger partial charge in [0.05, 0.1) is 4.92 Å². The van der Waals surface area contributed by atoms with Crippen molar-refractivity contribution in [1.82, 2.24) is 24.5 Å². The van der Waals surface area contributed by atoms with Gasteiger partial charge in [-0.2, -0.15) is 4.98 Å². The van der Waals surface area contributed by atoms with Crippen molar-refractivity contribution in [3.63, 3.8) is 0 Å². The summed E-state index contributed by atoms with van der Waals surface area (Å²) in [4.78, 5) is 25.9. The van der Waals surface area contributed by atoms with Crippen molar-refractivity contribution in [1.29, 1.82) is 0 Å². The highest BCUT2D eigenvalue weighted by atomic mass is 35.5. The molecule has 100 valence electrons. The van der Waals surface area contributed by atoms with Crippen LogP contribution in [0.4, 0.5) is 5.69 Å². The number of hydrogen-bond acceptors (Lipinski definition) is 6. The van der Waals surface area contributed by atoms with Crippen LogP contribution in [0.15, 0.2) is 24.7 Å². The first-order chi connectivity index (χ1) is 9.56. The van der Waals surface area contributed by atoms with E-state index in [4.69, 9.17) is 23.2 Å². The van der Waals surface area contributed by atoms with Crippen LogP contribution in [0, 0.1) is 10.1 Å². The molecule has 0 unspecified atom stereocenters. The fourth-order valence-electron chi connectivity index (χ4n) is 1.64. The van der Waals surface area contributed by atoms with Crippen LogP contribution in [0.2, 0.25) is 10.4 Å². The lowest BCUT2D eigenvalue weighted by atomic mass is 10.4. The first-order valence-electron chi connectivity index (χ1n) is 5.23. The van der Waals surface area contributed by atoms with E-state index in [0.717, 1.165) is 6.20 Å². The summed E-state index contributed by atoms with van der Waals surface area (Å²) in [6.07, 6.45) is 2.58. The molecule has 0 fully saturated rings. The maximum absolute atomic E-state index is 10.6. The molecular weight excluding hydrogens is 307 g/mol. The Morgan fingerprint density at radius 1 is 1.20 bits per heavy atom. The first-order valence-corrected chi connectivity index (χ1v) is 5.99. The molecule has 0 saturated heterocycles. The van der Waals surface area contributed by atoms with E-state index in [-0.39, 0.29) is 16.1 Å². The average Bonchev–Trinajstić information content (AvgIpc) is 2.82. The number of hydrogen-bond donors (Lipinski definition) is 0. The van der Waals surface area contributed by atoms with Crippen LogP contribution in [-0.2, 0) is 0 Å². The Labute approximate surface area is 121 Å². The molecule has 0 aromatic carbocycles. The number of halogens is 2. The highest BCUT2D eigenvalue weighted by Crippen LogP contribution is 2.23. The zero-order valence-electron chi connectivity index (χ0n) is 9.57. The summed E-state index contributed by atoms with van der Waals surface area (Å²) in [5, 5.41) is 10.7. The first kappa shape index (κ1) is 12.7. The summed E-state index contributed by atoms with van der Waals surface area (Å²) in [5.74, 6) is 0.406. The average molecular weight is 311 g/mol. The highest BCUT2D eigenvalue weighted by Gasteiger charge is 2.14. The van der Waals surface area contributed by atoms with Crippen molar-refractivity contribution in [3.8, 4) is 5.82 Å².